The van der Waals surface area contributed by atoms with E-state index in [2.05, 4.69) is 15.3 Å². The van der Waals surface area contributed by atoms with Crippen LogP contribution in [0.3, 0.4) is 0 Å². The summed E-state index contributed by atoms with van der Waals surface area (Å²) in [6, 6.07) is 11.1. The smallest absolute Gasteiger partial charge is 0.161 e. The molecule has 0 saturated carbocycles. The number of aromatic nitrogens is 2. The van der Waals surface area contributed by atoms with Gasteiger partial charge < -0.3 is 16.0 Å². The molecular weight excluding hydrogens is 336 g/mol. The highest BCUT2D eigenvalue weighted by molar-refractivity contribution is 5.81. The van der Waals surface area contributed by atoms with E-state index in [0.717, 1.165) is 29.4 Å². The van der Waals surface area contributed by atoms with Gasteiger partial charge >= 0.3 is 0 Å². The Morgan fingerprint density at radius 2 is 1.92 bits per heavy atom. The third-order valence-electron chi connectivity index (χ3n) is 3.93. The summed E-state index contributed by atoms with van der Waals surface area (Å²) in [5.41, 5.74) is 8.47. The van der Waals surface area contributed by atoms with E-state index in [0.29, 0.717) is 12.4 Å². The highest BCUT2D eigenvalue weighted by atomic mass is 19.1. The van der Waals surface area contributed by atoms with Gasteiger partial charge in [-0.3, -0.25) is 0 Å². The molecule has 0 aliphatic heterocycles. The van der Waals surface area contributed by atoms with E-state index in [-0.39, 0.29) is 17.2 Å². The molecule has 0 radical (unpaired) electrons. The van der Waals surface area contributed by atoms with E-state index in [1.54, 1.807) is 0 Å². The van der Waals surface area contributed by atoms with Crippen LogP contribution >= 0.6 is 0 Å². The Bertz CT molecular complexity index is 930. The lowest BCUT2D eigenvalue weighted by molar-refractivity contribution is 0.603. The molecule has 5 nitrogen and oxygen atoms in total. The number of hydrogen-bond acceptors (Lipinski definition) is 5. The van der Waals surface area contributed by atoms with Crippen LogP contribution in [0.5, 0.6) is 0 Å². The third-order valence-corrected chi connectivity index (χ3v) is 3.93. The minimum absolute atomic E-state index is 0.0417. The fourth-order valence-corrected chi connectivity index (χ4v) is 2.67. The summed E-state index contributed by atoms with van der Waals surface area (Å²) in [5.74, 6) is -0.452. The van der Waals surface area contributed by atoms with Gasteiger partial charge in [0.1, 0.15) is 23.6 Å². The van der Waals surface area contributed by atoms with Crippen LogP contribution in [-0.4, -0.2) is 16.5 Å². The monoisotopic (exact) mass is 355 g/mol. The molecule has 7 heteroatoms. The summed E-state index contributed by atoms with van der Waals surface area (Å²) < 4.78 is 27.3. The first-order chi connectivity index (χ1) is 12.5. The van der Waals surface area contributed by atoms with Gasteiger partial charge in [0.15, 0.2) is 11.6 Å². The molecule has 3 rings (SSSR count). The van der Waals surface area contributed by atoms with Gasteiger partial charge in [-0.05, 0) is 43.7 Å². The summed E-state index contributed by atoms with van der Waals surface area (Å²) in [6.45, 7) is 4.60. The molecule has 3 N–H and O–H groups in total. The fraction of sp³-hybridized carbons (Fsp3) is 0.158. The molecule has 0 spiro atoms. The summed E-state index contributed by atoms with van der Waals surface area (Å²) >= 11 is 0. The van der Waals surface area contributed by atoms with Crippen molar-refractivity contribution in [1.29, 1.82) is 0 Å². The third kappa shape index (κ3) is 3.56. The number of nitrogen functional groups attached to an aromatic ring is 1. The van der Waals surface area contributed by atoms with Crippen molar-refractivity contribution in [2.45, 2.75) is 13.8 Å². The van der Waals surface area contributed by atoms with E-state index in [1.165, 1.54) is 6.33 Å². The number of nitrogens with zero attached hydrogens (tertiary/aromatic N) is 3. The van der Waals surface area contributed by atoms with Crippen molar-refractivity contribution < 1.29 is 8.78 Å². The van der Waals surface area contributed by atoms with Crippen molar-refractivity contribution in [3.63, 3.8) is 0 Å². The van der Waals surface area contributed by atoms with Crippen LogP contribution in [0.2, 0.25) is 0 Å². The maximum Gasteiger partial charge on any atom is 0.161 e. The predicted molar refractivity (Wildman–Crippen MR) is 99.9 cm³/mol. The SMILES string of the molecule is CCN(c1cccc(C)c1)c1ncnc(Nc2cc(F)ccc2F)c1N. The van der Waals surface area contributed by atoms with Crippen molar-refractivity contribution in [3.05, 3.63) is 66.0 Å². The van der Waals surface area contributed by atoms with Gasteiger partial charge in [-0.2, -0.15) is 0 Å². The van der Waals surface area contributed by atoms with Crippen molar-refractivity contribution in [1.82, 2.24) is 9.97 Å². The zero-order valence-electron chi connectivity index (χ0n) is 14.5. The van der Waals surface area contributed by atoms with Crippen molar-refractivity contribution in [3.8, 4) is 0 Å². The van der Waals surface area contributed by atoms with Gasteiger partial charge in [-0.15, -0.1) is 0 Å². The first-order valence-electron chi connectivity index (χ1n) is 8.16. The summed E-state index contributed by atoms with van der Waals surface area (Å²) in [4.78, 5) is 10.3. The lowest BCUT2D eigenvalue weighted by atomic mass is 10.2. The standard InChI is InChI=1S/C19H19F2N5/c1-3-26(14-6-4-5-12(2)9-14)19-17(22)18(23-11-24-19)25-16-10-13(20)7-8-15(16)21/h4-11H,3,22H2,1-2H3,(H,23,24,25). The van der Waals surface area contributed by atoms with E-state index in [9.17, 15) is 8.78 Å². The number of nitrogens with one attached hydrogen (secondary N) is 1. The molecule has 1 heterocycles. The Hall–Kier alpha value is -3.22. The topological polar surface area (TPSA) is 67.1 Å². The minimum atomic E-state index is -0.600. The first kappa shape index (κ1) is 17.6. The fourth-order valence-electron chi connectivity index (χ4n) is 2.67. The Kier molecular flexibility index (Phi) is 4.97. The van der Waals surface area contributed by atoms with Gasteiger partial charge in [0, 0.05) is 18.3 Å². The maximum absolute atomic E-state index is 13.9. The number of halogens is 2. The number of aryl methyl sites for hydroxylation is 1. The first-order valence-corrected chi connectivity index (χ1v) is 8.16. The quantitative estimate of drug-likeness (QED) is 0.703. The van der Waals surface area contributed by atoms with E-state index in [4.69, 9.17) is 5.73 Å². The minimum Gasteiger partial charge on any atom is -0.393 e. The second kappa shape index (κ2) is 7.35. The van der Waals surface area contributed by atoms with E-state index in [1.807, 2.05) is 43.0 Å². The number of rotatable bonds is 5. The molecule has 0 saturated heterocycles. The van der Waals surface area contributed by atoms with Crippen molar-refractivity contribution in [2.75, 3.05) is 22.5 Å². The maximum atomic E-state index is 13.9. The molecule has 0 aliphatic rings. The van der Waals surface area contributed by atoms with Crippen LogP contribution < -0.4 is 16.0 Å². The predicted octanol–water partition coefficient (Wildman–Crippen LogP) is 4.55. The highest BCUT2D eigenvalue weighted by Gasteiger charge is 2.17. The van der Waals surface area contributed by atoms with E-state index >= 15 is 0 Å². The second-order valence-electron chi connectivity index (χ2n) is 5.79. The van der Waals surface area contributed by atoms with Crippen molar-refractivity contribution in [2.24, 2.45) is 0 Å². The molecule has 134 valence electrons. The Morgan fingerprint density at radius 1 is 1.12 bits per heavy atom. The van der Waals surface area contributed by atoms with Crippen LogP contribution in [0.15, 0.2) is 48.8 Å². The summed E-state index contributed by atoms with van der Waals surface area (Å²) in [6.07, 6.45) is 1.34. The average molecular weight is 355 g/mol. The molecule has 0 amide bonds. The molecule has 0 unspecified atom stereocenters. The number of hydrogen-bond donors (Lipinski definition) is 2. The van der Waals surface area contributed by atoms with Gasteiger partial charge in [-0.1, -0.05) is 12.1 Å². The lowest BCUT2D eigenvalue weighted by Crippen LogP contribution is -2.20. The molecule has 0 bridgehead atoms. The average Bonchev–Trinajstić information content (AvgIpc) is 2.62. The van der Waals surface area contributed by atoms with Gasteiger partial charge in [0.25, 0.3) is 0 Å². The van der Waals surface area contributed by atoms with Crippen LogP contribution in [0, 0.1) is 18.6 Å². The van der Waals surface area contributed by atoms with Crippen LogP contribution in [0.4, 0.5) is 37.5 Å². The number of nitrogens with two attached hydrogens (primary N) is 1. The summed E-state index contributed by atoms with van der Waals surface area (Å²) in [5, 5.41) is 2.75. The number of benzene rings is 2. The molecule has 0 atom stereocenters. The lowest BCUT2D eigenvalue weighted by Gasteiger charge is -2.24. The zero-order chi connectivity index (χ0) is 18.7. The molecule has 2 aromatic carbocycles. The number of anilines is 5. The molecule has 0 aliphatic carbocycles. The Labute approximate surface area is 150 Å². The molecule has 0 fully saturated rings. The van der Waals surface area contributed by atoms with Gasteiger partial charge in [-0.25, -0.2) is 18.7 Å². The highest BCUT2D eigenvalue weighted by Crippen LogP contribution is 2.33. The second-order valence-corrected chi connectivity index (χ2v) is 5.79. The van der Waals surface area contributed by atoms with Crippen LogP contribution in [0.25, 0.3) is 0 Å². The zero-order valence-corrected chi connectivity index (χ0v) is 14.5. The van der Waals surface area contributed by atoms with Gasteiger partial charge in [0.05, 0.1) is 5.69 Å². The van der Waals surface area contributed by atoms with E-state index < -0.39 is 11.6 Å². The van der Waals surface area contributed by atoms with Gasteiger partial charge in [0.2, 0.25) is 0 Å². The largest absolute Gasteiger partial charge is 0.393 e. The molecule has 26 heavy (non-hydrogen) atoms. The van der Waals surface area contributed by atoms with Crippen molar-refractivity contribution >= 4 is 28.7 Å². The van der Waals surface area contributed by atoms with Crippen LogP contribution in [0.1, 0.15) is 12.5 Å². The normalized spacial score (nSPS) is 10.6. The molecule has 1 aromatic heterocycles. The molecular formula is C19H19F2N5. The van der Waals surface area contributed by atoms with Crippen LogP contribution in [-0.2, 0) is 0 Å². The Balaban J connectivity index is 1.99. The molecule has 3 aromatic rings. The Morgan fingerprint density at radius 3 is 2.65 bits per heavy atom. The summed E-state index contributed by atoms with van der Waals surface area (Å²) in [7, 11) is 0.